The Hall–Kier alpha value is -3.31. The highest BCUT2D eigenvalue weighted by molar-refractivity contribution is 5.95. The molecule has 0 radical (unpaired) electrons. The summed E-state index contributed by atoms with van der Waals surface area (Å²) in [6.45, 7) is 4.44. The highest BCUT2D eigenvalue weighted by Crippen LogP contribution is 2.27. The number of hydrogen-bond donors (Lipinski definition) is 2. The first-order valence-corrected chi connectivity index (χ1v) is 10.4. The fourth-order valence-electron chi connectivity index (χ4n) is 3.83. The van der Waals surface area contributed by atoms with Gasteiger partial charge in [-0.3, -0.25) is 9.69 Å². The largest absolute Gasteiger partial charge is 0.508 e. The van der Waals surface area contributed by atoms with Crippen molar-refractivity contribution in [2.24, 2.45) is 0 Å². The number of nitrogens with one attached hydrogen (secondary N) is 1. The van der Waals surface area contributed by atoms with Gasteiger partial charge in [0.15, 0.2) is 0 Å². The van der Waals surface area contributed by atoms with Crippen LogP contribution < -0.4 is 10.2 Å². The number of phenolic OH excluding ortho intramolecular Hbond substituents is 1. The van der Waals surface area contributed by atoms with Crippen LogP contribution >= 0.6 is 0 Å². The Labute approximate surface area is 177 Å². The maximum Gasteiger partial charge on any atom is 0.225 e. The van der Waals surface area contributed by atoms with Crippen molar-refractivity contribution in [2.45, 2.75) is 6.42 Å². The first-order valence-electron chi connectivity index (χ1n) is 10.4. The molecule has 1 heterocycles. The number of aromatic hydroxyl groups is 1. The van der Waals surface area contributed by atoms with Crippen molar-refractivity contribution in [1.82, 2.24) is 4.90 Å². The average Bonchev–Trinajstić information content (AvgIpc) is 2.80. The van der Waals surface area contributed by atoms with Gasteiger partial charge in [-0.15, -0.1) is 0 Å². The highest BCUT2D eigenvalue weighted by Gasteiger charge is 2.18. The van der Waals surface area contributed by atoms with Crippen molar-refractivity contribution >= 4 is 17.3 Å². The monoisotopic (exact) mass is 401 g/mol. The van der Waals surface area contributed by atoms with Crippen LogP contribution in [0.4, 0.5) is 11.4 Å². The van der Waals surface area contributed by atoms with E-state index in [9.17, 15) is 9.90 Å². The zero-order valence-corrected chi connectivity index (χ0v) is 17.0. The van der Waals surface area contributed by atoms with Crippen LogP contribution in [0, 0.1) is 0 Å². The summed E-state index contributed by atoms with van der Waals surface area (Å²) in [7, 11) is 0. The molecule has 1 aliphatic heterocycles. The van der Waals surface area contributed by atoms with Crippen LogP contribution in [0.1, 0.15) is 6.42 Å². The van der Waals surface area contributed by atoms with Crippen LogP contribution in [0.3, 0.4) is 0 Å². The smallest absolute Gasteiger partial charge is 0.225 e. The van der Waals surface area contributed by atoms with Gasteiger partial charge in [-0.05, 0) is 35.9 Å². The lowest BCUT2D eigenvalue weighted by molar-refractivity contribution is -0.116. The van der Waals surface area contributed by atoms with Gasteiger partial charge < -0.3 is 15.3 Å². The van der Waals surface area contributed by atoms with E-state index < -0.39 is 0 Å². The molecule has 1 aliphatic rings. The molecule has 1 fully saturated rings. The van der Waals surface area contributed by atoms with E-state index in [-0.39, 0.29) is 11.7 Å². The van der Waals surface area contributed by atoms with Crippen molar-refractivity contribution < 1.29 is 9.90 Å². The topological polar surface area (TPSA) is 55.8 Å². The Bertz CT molecular complexity index is 965. The summed E-state index contributed by atoms with van der Waals surface area (Å²) < 4.78 is 0. The fraction of sp³-hybridized carbons (Fsp3) is 0.240. The summed E-state index contributed by atoms with van der Waals surface area (Å²) in [6, 6.07) is 25.4. The van der Waals surface area contributed by atoms with Crippen molar-refractivity contribution in [3.05, 3.63) is 78.9 Å². The third-order valence-electron chi connectivity index (χ3n) is 5.53. The lowest BCUT2D eigenvalue weighted by Gasteiger charge is -2.36. The predicted molar refractivity (Wildman–Crippen MR) is 122 cm³/mol. The third-order valence-corrected chi connectivity index (χ3v) is 5.53. The minimum absolute atomic E-state index is 0.0411. The number of hydrogen-bond acceptors (Lipinski definition) is 4. The van der Waals surface area contributed by atoms with E-state index in [0.717, 1.165) is 55.2 Å². The van der Waals surface area contributed by atoms with Crippen LogP contribution in [-0.4, -0.2) is 48.6 Å². The second-order valence-corrected chi connectivity index (χ2v) is 7.55. The lowest BCUT2D eigenvalue weighted by atomic mass is 10.0. The predicted octanol–water partition coefficient (Wildman–Crippen LogP) is 4.21. The number of nitrogens with zero attached hydrogens (tertiary/aromatic N) is 2. The van der Waals surface area contributed by atoms with Crippen LogP contribution in [0.25, 0.3) is 11.1 Å². The molecule has 5 nitrogen and oxygen atoms in total. The van der Waals surface area contributed by atoms with Gasteiger partial charge in [0.25, 0.3) is 0 Å². The van der Waals surface area contributed by atoms with Gasteiger partial charge in [-0.25, -0.2) is 0 Å². The number of piperazine rings is 1. The van der Waals surface area contributed by atoms with Gasteiger partial charge in [0.2, 0.25) is 5.91 Å². The molecular formula is C25H27N3O2. The maximum absolute atomic E-state index is 12.6. The van der Waals surface area contributed by atoms with Crippen molar-refractivity contribution in [3.8, 4) is 16.9 Å². The van der Waals surface area contributed by atoms with Crippen molar-refractivity contribution in [2.75, 3.05) is 42.9 Å². The molecule has 2 N–H and O–H groups in total. The molecule has 0 unspecified atom stereocenters. The SMILES string of the molecule is O=C(CCN1CCN(c2ccc(O)cc2)CC1)Nc1ccccc1-c1ccccc1. The molecule has 154 valence electrons. The number of carbonyl (C=O) groups is 1. The molecule has 0 saturated carbocycles. The number of anilines is 2. The summed E-state index contributed by atoms with van der Waals surface area (Å²) in [4.78, 5) is 17.2. The Morgan fingerprint density at radius 1 is 0.833 bits per heavy atom. The summed E-state index contributed by atoms with van der Waals surface area (Å²) in [6.07, 6.45) is 0.475. The van der Waals surface area contributed by atoms with Crippen LogP contribution in [0.2, 0.25) is 0 Å². The Morgan fingerprint density at radius 3 is 2.23 bits per heavy atom. The molecule has 3 aromatic rings. The normalized spacial score (nSPS) is 14.5. The minimum atomic E-state index is 0.0411. The van der Waals surface area contributed by atoms with E-state index >= 15 is 0 Å². The molecular weight excluding hydrogens is 374 g/mol. The summed E-state index contributed by atoms with van der Waals surface area (Å²) in [5.41, 5.74) is 4.11. The van der Waals surface area contributed by atoms with Gasteiger partial charge in [0, 0.05) is 56.1 Å². The first kappa shape index (κ1) is 20.0. The van der Waals surface area contributed by atoms with E-state index in [1.807, 2.05) is 54.6 Å². The number of benzene rings is 3. The number of rotatable bonds is 6. The van der Waals surface area contributed by atoms with Crippen molar-refractivity contribution in [3.63, 3.8) is 0 Å². The highest BCUT2D eigenvalue weighted by atomic mass is 16.3. The zero-order valence-electron chi connectivity index (χ0n) is 17.0. The average molecular weight is 402 g/mol. The number of amides is 1. The second-order valence-electron chi connectivity index (χ2n) is 7.55. The van der Waals surface area contributed by atoms with Gasteiger partial charge >= 0.3 is 0 Å². The van der Waals surface area contributed by atoms with Crippen LogP contribution in [0.15, 0.2) is 78.9 Å². The Morgan fingerprint density at radius 2 is 1.50 bits per heavy atom. The van der Waals surface area contributed by atoms with E-state index in [2.05, 4.69) is 27.2 Å². The van der Waals surface area contributed by atoms with Crippen LogP contribution in [-0.2, 0) is 4.79 Å². The van der Waals surface area contributed by atoms with E-state index in [1.54, 1.807) is 12.1 Å². The second kappa shape index (κ2) is 9.46. The van der Waals surface area contributed by atoms with Gasteiger partial charge in [0.05, 0.1) is 0 Å². The molecule has 3 aromatic carbocycles. The zero-order chi connectivity index (χ0) is 20.8. The fourth-order valence-corrected chi connectivity index (χ4v) is 3.83. The lowest BCUT2D eigenvalue weighted by Crippen LogP contribution is -2.47. The first-order chi connectivity index (χ1) is 14.7. The third kappa shape index (κ3) is 4.99. The molecule has 0 aromatic heterocycles. The van der Waals surface area contributed by atoms with E-state index in [1.165, 1.54) is 0 Å². The summed E-state index contributed by atoms with van der Waals surface area (Å²) >= 11 is 0. The molecule has 1 amide bonds. The van der Waals surface area contributed by atoms with Gasteiger partial charge in [-0.1, -0.05) is 48.5 Å². The molecule has 0 atom stereocenters. The molecule has 4 rings (SSSR count). The number of phenols is 1. The van der Waals surface area contributed by atoms with E-state index in [0.29, 0.717) is 6.42 Å². The maximum atomic E-state index is 12.6. The van der Waals surface area contributed by atoms with Crippen LogP contribution in [0.5, 0.6) is 5.75 Å². The number of para-hydroxylation sites is 1. The molecule has 5 heteroatoms. The minimum Gasteiger partial charge on any atom is -0.508 e. The molecule has 30 heavy (non-hydrogen) atoms. The molecule has 1 saturated heterocycles. The van der Waals surface area contributed by atoms with E-state index in [4.69, 9.17) is 0 Å². The Balaban J connectivity index is 1.28. The molecule has 0 spiro atoms. The summed E-state index contributed by atoms with van der Waals surface area (Å²) in [5.74, 6) is 0.330. The Kier molecular flexibility index (Phi) is 6.30. The summed E-state index contributed by atoms with van der Waals surface area (Å²) in [5, 5.41) is 12.5. The van der Waals surface area contributed by atoms with Gasteiger partial charge in [-0.2, -0.15) is 0 Å². The van der Waals surface area contributed by atoms with Gasteiger partial charge in [0.1, 0.15) is 5.75 Å². The van der Waals surface area contributed by atoms with Crippen molar-refractivity contribution in [1.29, 1.82) is 0 Å². The molecule has 0 aliphatic carbocycles. The standard InChI is InChI=1S/C25H27N3O2/c29-22-12-10-21(11-13-22)28-18-16-27(17-19-28)15-14-25(30)26-24-9-5-4-8-23(24)20-6-2-1-3-7-20/h1-13,29H,14-19H2,(H,26,30). The quantitative estimate of drug-likeness (QED) is 0.650. The molecule has 0 bridgehead atoms. The number of carbonyl (C=O) groups excluding carboxylic acids is 1.